The SMILES string of the molecule is COc1cc2ncn([C@H]3[C@@H]4OC[C@@H](O4)[C@@H](N)[C@@H]3O)c2cc1OC. The molecule has 2 aliphatic heterocycles. The van der Waals surface area contributed by atoms with Crippen molar-refractivity contribution in [2.24, 2.45) is 5.73 Å². The number of ether oxygens (including phenoxy) is 4. The molecule has 2 aromatic rings. The van der Waals surface area contributed by atoms with Gasteiger partial charge in [-0.2, -0.15) is 0 Å². The van der Waals surface area contributed by atoms with Crippen LogP contribution < -0.4 is 15.2 Å². The number of benzene rings is 1. The lowest BCUT2D eigenvalue weighted by atomic mass is 9.97. The summed E-state index contributed by atoms with van der Waals surface area (Å²) in [6.07, 6.45) is 0.0536. The summed E-state index contributed by atoms with van der Waals surface area (Å²) in [6.45, 7) is 0.392. The Kier molecular flexibility index (Phi) is 3.42. The smallest absolute Gasteiger partial charge is 0.181 e. The van der Waals surface area contributed by atoms with Gasteiger partial charge in [-0.15, -0.1) is 0 Å². The third-order valence-corrected chi connectivity index (χ3v) is 4.59. The zero-order valence-corrected chi connectivity index (χ0v) is 12.9. The summed E-state index contributed by atoms with van der Waals surface area (Å²) in [5.41, 5.74) is 7.58. The van der Waals surface area contributed by atoms with E-state index in [1.165, 1.54) is 0 Å². The molecule has 0 unspecified atom stereocenters. The van der Waals surface area contributed by atoms with Gasteiger partial charge in [0.1, 0.15) is 12.1 Å². The highest BCUT2D eigenvalue weighted by Crippen LogP contribution is 2.38. The molecule has 2 bridgehead atoms. The first-order valence-corrected chi connectivity index (χ1v) is 7.43. The predicted molar refractivity (Wildman–Crippen MR) is 80.5 cm³/mol. The van der Waals surface area contributed by atoms with Crippen LogP contribution in [0.5, 0.6) is 11.5 Å². The number of aliphatic hydroxyl groups excluding tert-OH is 1. The van der Waals surface area contributed by atoms with Gasteiger partial charge in [-0.1, -0.05) is 0 Å². The first kappa shape index (κ1) is 14.7. The Hall–Kier alpha value is -1.87. The fraction of sp³-hybridized carbons (Fsp3) is 0.533. The van der Waals surface area contributed by atoms with Gasteiger partial charge in [0.05, 0.1) is 50.3 Å². The van der Waals surface area contributed by atoms with Crippen LogP contribution in [0.15, 0.2) is 18.5 Å². The van der Waals surface area contributed by atoms with Crippen molar-refractivity contribution < 1.29 is 24.1 Å². The van der Waals surface area contributed by atoms with Gasteiger partial charge in [0.2, 0.25) is 0 Å². The van der Waals surface area contributed by atoms with Crippen molar-refractivity contribution in [2.75, 3.05) is 20.8 Å². The number of methoxy groups -OCH3 is 2. The second kappa shape index (κ2) is 5.34. The van der Waals surface area contributed by atoms with Crippen molar-refractivity contribution in [2.45, 2.75) is 30.6 Å². The van der Waals surface area contributed by atoms with E-state index < -0.39 is 24.5 Å². The Morgan fingerprint density at radius 1 is 1.30 bits per heavy atom. The lowest BCUT2D eigenvalue weighted by Gasteiger charge is -2.37. The Bertz CT molecular complexity index is 733. The number of imidazole rings is 1. The highest BCUT2D eigenvalue weighted by Gasteiger charge is 2.49. The molecule has 0 saturated carbocycles. The van der Waals surface area contributed by atoms with E-state index in [0.717, 1.165) is 11.0 Å². The number of nitrogens with two attached hydrogens (primary N) is 1. The molecule has 3 N–H and O–H groups in total. The maximum atomic E-state index is 10.6. The van der Waals surface area contributed by atoms with Gasteiger partial charge in [0.25, 0.3) is 0 Å². The zero-order valence-electron chi connectivity index (χ0n) is 12.9. The fourth-order valence-corrected chi connectivity index (χ4v) is 3.32. The molecule has 23 heavy (non-hydrogen) atoms. The van der Waals surface area contributed by atoms with Crippen LogP contribution in [0.1, 0.15) is 6.04 Å². The largest absolute Gasteiger partial charge is 0.493 e. The van der Waals surface area contributed by atoms with Crippen LogP contribution in [0.4, 0.5) is 0 Å². The second-order valence-electron chi connectivity index (χ2n) is 5.78. The minimum Gasteiger partial charge on any atom is -0.493 e. The quantitative estimate of drug-likeness (QED) is 0.823. The summed E-state index contributed by atoms with van der Waals surface area (Å²) in [5.74, 6) is 1.18. The normalized spacial score (nSPS) is 33.1. The Labute approximate surface area is 132 Å². The zero-order chi connectivity index (χ0) is 16.1. The van der Waals surface area contributed by atoms with E-state index in [1.54, 1.807) is 26.6 Å². The molecule has 3 heterocycles. The third-order valence-electron chi connectivity index (χ3n) is 4.59. The van der Waals surface area contributed by atoms with Crippen LogP contribution in [0, 0.1) is 0 Å². The molecule has 8 heteroatoms. The van der Waals surface area contributed by atoms with Crippen LogP contribution in [-0.2, 0) is 9.47 Å². The number of rotatable bonds is 3. The van der Waals surface area contributed by atoms with Crippen molar-refractivity contribution in [1.29, 1.82) is 0 Å². The van der Waals surface area contributed by atoms with E-state index in [0.29, 0.717) is 18.1 Å². The maximum absolute atomic E-state index is 10.6. The van der Waals surface area contributed by atoms with E-state index in [4.69, 9.17) is 24.7 Å². The Balaban J connectivity index is 1.82. The minimum absolute atomic E-state index is 0.268. The molecule has 8 nitrogen and oxygen atoms in total. The molecule has 1 aromatic carbocycles. The topological polar surface area (TPSA) is 101 Å². The maximum Gasteiger partial charge on any atom is 0.181 e. The van der Waals surface area contributed by atoms with Gasteiger partial charge in [-0.3, -0.25) is 0 Å². The predicted octanol–water partition coefficient (Wildman–Crippen LogP) is 0.0379. The van der Waals surface area contributed by atoms with E-state index in [-0.39, 0.29) is 6.10 Å². The number of aromatic nitrogens is 2. The average molecular weight is 321 g/mol. The summed E-state index contributed by atoms with van der Waals surface area (Å²) < 4.78 is 23.9. The van der Waals surface area contributed by atoms with Gasteiger partial charge in [-0.05, 0) is 0 Å². The number of fused-ring (bicyclic) bond motifs is 3. The Morgan fingerprint density at radius 3 is 2.78 bits per heavy atom. The first-order valence-electron chi connectivity index (χ1n) is 7.43. The molecule has 4 rings (SSSR count). The van der Waals surface area contributed by atoms with Gasteiger partial charge in [-0.25, -0.2) is 4.98 Å². The average Bonchev–Trinajstić information content (AvgIpc) is 3.18. The highest BCUT2D eigenvalue weighted by atomic mass is 16.7. The van der Waals surface area contributed by atoms with E-state index >= 15 is 0 Å². The van der Waals surface area contributed by atoms with E-state index in [2.05, 4.69) is 4.98 Å². The lowest BCUT2D eigenvalue weighted by Crippen LogP contribution is -2.55. The van der Waals surface area contributed by atoms with E-state index in [9.17, 15) is 5.11 Å². The molecule has 0 aliphatic carbocycles. The molecule has 2 saturated heterocycles. The van der Waals surface area contributed by atoms with Crippen molar-refractivity contribution in [3.63, 3.8) is 0 Å². The number of nitrogens with zero attached hydrogens (tertiary/aromatic N) is 2. The summed E-state index contributed by atoms with van der Waals surface area (Å²) >= 11 is 0. The second-order valence-corrected chi connectivity index (χ2v) is 5.78. The van der Waals surface area contributed by atoms with Gasteiger partial charge in [0.15, 0.2) is 17.8 Å². The summed E-state index contributed by atoms with van der Waals surface area (Å²) in [7, 11) is 3.15. The molecule has 0 radical (unpaired) electrons. The summed E-state index contributed by atoms with van der Waals surface area (Å²) in [4.78, 5) is 4.38. The van der Waals surface area contributed by atoms with Crippen molar-refractivity contribution >= 4 is 11.0 Å². The first-order chi connectivity index (χ1) is 11.1. The molecule has 2 fully saturated rings. The van der Waals surface area contributed by atoms with Crippen molar-refractivity contribution in [1.82, 2.24) is 9.55 Å². The van der Waals surface area contributed by atoms with Crippen molar-refractivity contribution in [3.05, 3.63) is 18.5 Å². The molecule has 5 atom stereocenters. The Morgan fingerprint density at radius 2 is 2.04 bits per heavy atom. The standard InChI is InChI=1S/C15H19N3O5/c1-20-9-3-7-8(4-10(9)21-2)18(6-17-7)13-14(19)12(16)11-5-22-15(13)23-11/h3-4,6,11-15,19H,5,16H2,1-2H3/t11-,12-,13-,14+,15-/m1/s1. The van der Waals surface area contributed by atoms with Crippen LogP contribution in [0.25, 0.3) is 11.0 Å². The number of hydrogen-bond donors (Lipinski definition) is 2. The monoisotopic (exact) mass is 321 g/mol. The van der Waals surface area contributed by atoms with E-state index in [1.807, 2.05) is 10.6 Å². The fourth-order valence-electron chi connectivity index (χ4n) is 3.32. The minimum atomic E-state index is -0.785. The van der Waals surface area contributed by atoms with Crippen molar-refractivity contribution in [3.8, 4) is 11.5 Å². The molecule has 124 valence electrons. The molecule has 1 aromatic heterocycles. The molecular formula is C15H19N3O5. The molecule has 2 aliphatic rings. The van der Waals surface area contributed by atoms with Gasteiger partial charge < -0.3 is 34.4 Å². The van der Waals surface area contributed by atoms with Gasteiger partial charge >= 0.3 is 0 Å². The molecule has 0 spiro atoms. The number of hydrogen-bond acceptors (Lipinski definition) is 7. The van der Waals surface area contributed by atoms with Crippen LogP contribution in [0.3, 0.4) is 0 Å². The third kappa shape index (κ3) is 2.10. The molecular weight excluding hydrogens is 302 g/mol. The van der Waals surface area contributed by atoms with Crippen LogP contribution >= 0.6 is 0 Å². The van der Waals surface area contributed by atoms with Crippen LogP contribution in [0.2, 0.25) is 0 Å². The molecule has 0 amide bonds. The summed E-state index contributed by atoms with van der Waals surface area (Å²) in [6, 6.07) is 2.64. The van der Waals surface area contributed by atoms with Gasteiger partial charge in [0, 0.05) is 12.1 Å². The van der Waals surface area contributed by atoms with Crippen LogP contribution in [-0.4, -0.2) is 60.0 Å². The summed E-state index contributed by atoms with van der Waals surface area (Å²) in [5, 5.41) is 10.6. The highest BCUT2D eigenvalue weighted by molar-refractivity contribution is 5.80. The lowest BCUT2D eigenvalue weighted by molar-refractivity contribution is -0.159. The number of aliphatic hydroxyl groups is 1.